The second-order valence-corrected chi connectivity index (χ2v) is 7.61. The summed E-state index contributed by atoms with van der Waals surface area (Å²) in [5.74, 6) is 2.88. The number of para-hydroxylation sites is 1. The van der Waals surface area contributed by atoms with Crippen LogP contribution in [-0.2, 0) is 4.79 Å². The number of rotatable bonds is 4. The van der Waals surface area contributed by atoms with Gasteiger partial charge in [-0.05, 0) is 67.9 Å². The van der Waals surface area contributed by atoms with Crippen LogP contribution in [0.4, 0.5) is 5.69 Å². The second kappa shape index (κ2) is 6.04. The van der Waals surface area contributed by atoms with Crippen LogP contribution in [0.5, 0.6) is 0 Å². The second-order valence-electron chi connectivity index (χ2n) is 7.61. The van der Waals surface area contributed by atoms with E-state index < -0.39 is 4.92 Å². The number of hydrogen-bond acceptors (Lipinski definition) is 3. The Morgan fingerprint density at radius 3 is 2.33 bits per heavy atom. The maximum Gasteiger partial charge on any atom is 0.276 e. The monoisotopic (exact) mass is 326 g/mol. The van der Waals surface area contributed by atoms with E-state index in [-0.39, 0.29) is 11.6 Å². The molecule has 5 nitrogen and oxygen atoms in total. The zero-order chi connectivity index (χ0) is 16.7. The fraction of sp³-hybridized carbons (Fsp3) is 0.526. The average Bonchev–Trinajstić information content (AvgIpc) is 2.56. The van der Waals surface area contributed by atoms with Crippen molar-refractivity contribution in [2.24, 2.45) is 23.7 Å². The molecule has 1 N–H and O–H groups in total. The molecule has 4 aliphatic rings. The van der Waals surface area contributed by atoms with Crippen LogP contribution in [0.15, 0.2) is 30.3 Å². The standard InChI is InChI=1S/C19H22N2O3/c22-18(6-5-14-3-1-2-4-17(14)21(23)24)20-19-15-8-12-7-13(10-15)11-16(19)9-12/h1-6,12-13,15-16,19H,7-11H2,(H,20,22)/b6-5+. The van der Waals surface area contributed by atoms with E-state index in [4.69, 9.17) is 0 Å². The number of amides is 1. The first-order chi connectivity index (χ1) is 11.6. The summed E-state index contributed by atoms with van der Waals surface area (Å²) in [4.78, 5) is 22.9. The molecule has 4 fully saturated rings. The third-order valence-electron chi connectivity index (χ3n) is 6.08. The summed E-state index contributed by atoms with van der Waals surface area (Å²) in [5, 5.41) is 14.2. The van der Waals surface area contributed by atoms with E-state index in [2.05, 4.69) is 5.32 Å². The lowest BCUT2D eigenvalue weighted by Crippen LogP contribution is -2.55. The molecule has 5 heteroatoms. The highest BCUT2D eigenvalue weighted by Crippen LogP contribution is 2.53. The lowest BCUT2D eigenvalue weighted by atomic mass is 9.54. The van der Waals surface area contributed by atoms with E-state index >= 15 is 0 Å². The van der Waals surface area contributed by atoms with Gasteiger partial charge in [-0.1, -0.05) is 12.1 Å². The molecule has 0 aliphatic heterocycles. The highest BCUT2D eigenvalue weighted by atomic mass is 16.6. The number of nitrogens with one attached hydrogen (secondary N) is 1. The van der Waals surface area contributed by atoms with Gasteiger partial charge in [-0.25, -0.2) is 0 Å². The van der Waals surface area contributed by atoms with Crippen molar-refractivity contribution >= 4 is 17.7 Å². The molecule has 0 spiro atoms. The van der Waals surface area contributed by atoms with Crippen LogP contribution in [0.2, 0.25) is 0 Å². The smallest absolute Gasteiger partial charge is 0.276 e. The fourth-order valence-corrected chi connectivity index (χ4v) is 5.33. The summed E-state index contributed by atoms with van der Waals surface area (Å²) < 4.78 is 0. The average molecular weight is 326 g/mol. The van der Waals surface area contributed by atoms with Crippen LogP contribution in [0, 0.1) is 33.8 Å². The summed E-state index contributed by atoms with van der Waals surface area (Å²) in [6, 6.07) is 6.77. The lowest BCUT2D eigenvalue weighted by Gasteiger charge is -2.54. The Morgan fingerprint density at radius 2 is 1.71 bits per heavy atom. The van der Waals surface area contributed by atoms with Gasteiger partial charge in [0, 0.05) is 18.2 Å². The topological polar surface area (TPSA) is 72.2 Å². The molecule has 0 saturated heterocycles. The Balaban J connectivity index is 1.43. The Kier molecular flexibility index (Phi) is 3.87. The van der Waals surface area contributed by atoms with Crippen molar-refractivity contribution in [1.82, 2.24) is 5.32 Å². The van der Waals surface area contributed by atoms with Crippen molar-refractivity contribution in [2.45, 2.75) is 38.1 Å². The van der Waals surface area contributed by atoms with Gasteiger partial charge in [0.15, 0.2) is 0 Å². The number of carbonyl (C=O) groups excluding carboxylic acids is 1. The predicted molar refractivity (Wildman–Crippen MR) is 91.1 cm³/mol. The molecule has 24 heavy (non-hydrogen) atoms. The fourth-order valence-electron chi connectivity index (χ4n) is 5.33. The minimum absolute atomic E-state index is 0.0242. The van der Waals surface area contributed by atoms with E-state index in [9.17, 15) is 14.9 Å². The summed E-state index contributed by atoms with van der Waals surface area (Å²) in [6.07, 6.45) is 9.40. The zero-order valence-corrected chi connectivity index (χ0v) is 13.6. The van der Waals surface area contributed by atoms with Crippen molar-refractivity contribution in [3.05, 3.63) is 46.0 Å². The number of nitrogens with zero attached hydrogens (tertiary/aromatic N) is 1. The number of benzene rings is 1. The van der Waals surface area contributed by atoms with Gasteiger partial charge in [-0.3, -0.25) is 14.9 Å². The Labute approximate surface area is 141 Å². The minimum atomic E-state index is -0.421. The lowest BCUT2D eigenvalue weighted by molar-refractivity contribution is -0.385. The third kappa shape index (κ3) is 2.83. The molecule has 4 saturated carbocycles. The number of hydrogen-bond donors (Lipinski definition) is 1. The number of nitro benzene ring substituents is 1. The Hall–Kier alpha value is -2.17. The predicted octanol–water partition coefficient (Wildman–Crippen LogP) is 3.55. The number of carbonyl (C=O) groups is 1. The van der Waals surface area contributed by atoms with Crippen LogP contribution in [0.25, 0.3) is 6.08 Å². The summed E-state index contributed by atoms with van der Waals surface area (Å²) in [5.41, 5.74) is 0.485. The third-order valence-corrected chi connectivity index (χ3v) is 6.08. The molecule has 0 radical (unpaired) electrons. The molecule has 0 aromatic heterocycles. The van der Waals surface area contributed by atoms with Crippen LogP contribution in [0.1, 0.15) is 37.7 Å². The molecule has 126 valence electrons. The molecule has 0 unspecified atom stereocenters. The SMILES string of the molecule is O=C(/C=C/c1ccccc1[N+](=O)[O-])NC1C2CC3CC(C2)CC1C3. The molecule has 0 heterocycles. The largest absolute Gasteiger partial charge is 0.349 e. The van der Waals surface area contributed by atoms with E-state index in [0.29, 0.717) is 23.4 Å². The molecule has 5 rings (SSSR count). The molecule has 1 amide bonds. The van der Waals surface area contributed by atoms with Crippen molar-refractivity contribution in [1.29, 1.82) is 0 Å². The van der Waals surface area contributed by atoms with E-state index in [0.717, 1.165) is 11.8 Å². The Morgan fingerprint density at radius 1 is 1.08 bits per heavy atom. The quantitative estimate of drug-likeness (QED) is 0.522. The molecule has 1 aromatic carbocycles. The first-order valence-corrected chi connectivity index (χ1v) is 8.82. The van der Waals surface area contributed by atoms with Gasteiger partial charge >= 0.3 is 0 Å². The molecule has 1 aromatic rings. The van der Waals surface area contributed by atoms with Crippen LogP contribution in [0.3, 0.4) is 0 Å². The molecule has 4 aliphatic carbocycles. The van der Waals surface area contributed by atoms with Gasteiger partial charge in [-0.15, -0.1) is 0 Å². The first kappa shape index (κ1) is 15.4. The van der Waals surface area contributed by atoms with Crippen molar-refractivity contribution in [3.8, 4) is 0 Å². The van der Waals surface area contributed by atoms with Gasteiger partial charge in [0.1, 0.15) is 0 Å². The maximum atomic E-state index is 12.3. The van der Waals surface area contributed by atoms with Crippen molar-refractivity contribution in [2.75, 3.05) is 0 Å². The van der Waals surface area contributed by atoms with E-state index in [1.54, 1.807) is 24.3 Å². The highest BCUT2D eigenvalue weighted by Gasteiger charge is 2.48. The van der Waals surface area contributed by atoms with Crippen LogP contribution >= 0.6 is 0 Å². The zero-order valence-electron chi connectivity index (χ0n) is 13.6. The Bertz CT molecular complexity index is 670. The molecular formula is C19H22N2O3. The first-order valence-electron chi connectivity index (χ1n) is 8.82. The van der Waals surface area contributed by atoms with Gasteiger partial charge in [0.25, 0.3) is 5.69 Å². The summed E-state index contributed by atoms with van der Waals surface area (Å²) in [6.45, 7) is 0. The molecule has 4 bridgehead atoms. The number of nitro groups is 1. The summed E-state index contributed by atoms with van der Waals surface area (Å²) >= 11 is 0. The van der Waals surface area contributed by atoms with Gasteiger partial charge in [0.2, 0.25) is 5.91 Å². The van der Waals surface area contributed by atoms with Gasteiger partial charge in [-0.2, -0.15) is 0 Å². The van der Waals surface area contributed by atoms with Crippen LogP contribution < -0.4 is 5.32 Å². The van der Waals surface area contributed by atoms with Crippen LogP contribution in [-0.4, -0.2) is 16.9 Å². The normalized spacial score (nSPS) is 33.8. The van der Waals surface area contributed by atoms with Crippen molar-refractivity contribution < 1.29 is 9.72 Å². The summed E-state index contributed by atoms with van der Waals surface area (Å²) in [7, 11) is 0. The van der Waals surface area contributed by atoms with E-state index in [1.807, 2.05) is 0 Å². The maximum absolute atomic E-state index is 12.3. The minimum Gasteiger partial charge on any atom is -0.349 e. The van der Waals surface area contributed by atoms with Gasteiger partial charge in [0.05, 0.1) is 10.5 Å². The van der Waals surface area contributed by atoms with E-state index in [1.165, 1.54) is 44.2 Å². The van der Waals surface area contributed by atoms with Gasteiger partial charge < -0.3 is 5.32 Å². The molecular weight excluding hydrogens is 304 g/mol. The molecule has 0 atom stereocenters. The highest BCUT2D eigenvalue weighted by molar-refractivity contribution is 5.92. The van der Waals surface area contributed by atoms with Crippen molar-refractivity contribution in [3.63, 3.8) is 0 Å².